The Hall–Kier alpha value is -1.57. The molecule has 0 N–H and O–H groups in total. The lowest BCUT2D eigenvalue weighted by atomic mass is 10.3. The van der Waals surface area contributed by atoms with Crippen molar-refractivity contribution in [2.24, 2.45) is 0 Å². The third-order valence-corrected chi connectivity index (χ3v) is 2.59. The summed E-state index contributed by atoms with van der Waals surface area (Å²) in [5, 5.41) is 9.48. The van der Waals surface area contributed by atoms with Crippen molar-refractivity contribution in [2.75, 3.05) is 0 Å². The Balaban J connectivity index is 2.31. The molecule has 0 amide bonds. The lowest BCUT2D eigenvalue weighted by Crippen LogP contribution is -2.02. The highest BCUT2D eigenvalue weighted by molar-refractivity contribution is 6.32. The minimum Gasteiger partial charge on any atom is -0.318 e. The average Bonchev–Trinajstić information content (AvgIpc) is 2.69. The van der Waals surface area contributed by atoms with Crippen molar-refractivity contribution in [1.29, 1.82) is 5.26 Å². The number of nitriles is 1. The van der Waals surface area contributed by atoms with Crippen LogP contribution in [0.4, 0.5) is 0 Å². The maximum Gasteiger partial charge on any atom is 0.213 e. The van der Waals surface area contributed by atoms with Gasteiger partial charge in [0.05, 0.1) is 6.54 Å². The minimum atomic E-state index is 0.338. The second-order valence-corrected chi connectivity index (χ2v) is 3.82. The molecule has 4 nitrogen and oxygen atoms in total. The summed E-state index contributed by atoms with van der Waals surface area (Å²) in [5.41, 5.74) is 0.792. The van der Waals surface area contributed by atoms with E-state index in [1.807, 2.05) is 6.07 Å². The summed E-state index contributed by atoms with van der Waals surface area (Å²) >= 11 is 11.6. The first kappa shape index (κ1) is 10.9. The predicted octanol–water partition coefficient (Wildman–Crippen LogP) is 2.50. The number of imidazole rings is 1. The van der Waals surface area contributed by atoms with E-state index in [0.29, 0.717) is 22.7 Å². The van der Waals surface area contributed by atoms with Gasteiger partial charge in [0.25, 0.3) is 0 Å². The standard InChI is InChI=1S/C10H6Cl2N4/c11-8-2-1-7(10(12)15-8)6-16-4-3-14-9(16)5-13/h1-4H,6H2. The topological polar surface area (TPSA) is 54.5 Å². The first-order valence-corrected chi connectivity index (χ1v) is 5.18. The molecule has 0 atom stereocenters. The number of hydrogen-bond acceptors (Lipinski definition) is 3. The molecule has 0 bridgehead atoms. The number of aromatic nitrogens is 3. The van der Waals surface area contributed by atoms with Gasteiger partial charge in [-0.05, 0) is 6.07 Å². The fourth-order valence-electron chi connectivity index (χ4n) is 1.29. The van der Waals surface area contributed by atoms with Crippen LogP contribution in [0.5, 0.6) is 0 Å². The summed E-state index contributed by atoms with van der Waals surface area (Å²) in [6, 6.07) is 5.42. The molecular weight excluding hydrogens is 247 g/mol. The van der Waals surface area contributed by atoms with Crippen molar-refractivity contribution < 1.29 is 0 Å². The summed E-state index contributed by atoms with van der Waals surface area (Å²) in [6.07, 6.45) is 3.28. The SMILES string of the molecule is N#Cc1nccn1Cc1ccc(Cl)nc1Cl. The highest BCUT2D eigenvalue weighted by Gasteiger charge is 2.06. The third kappa shape index (κ3) is 2.16. The largest absolute Gasteiger partial charge is 0.318 e. The van der Waals surface area contributed by atoms with E-state index < -0.39 is 0 Å². The monoisotopic (exact) mass is 252 g/mol. The van der Waals surface area contributed by atoms with Crippen LogP contribution in [0.25, 0.3) is 0 Å². The highest BCUT2D eigenvalue weighted by Crippen LogP contribution is 2.18. The van der Waals surface area contributed by atoms with Crippen LogP contribution in [0.3, 0.4) is 0 Å². The van der Waals surface area contributed by atoms with Crippen molar-refractivity contribution in [1.82, 2.24) is 14.5 Å². The molecule has 0 aliphatic heterocycles. The Morgan fingerprint density at radius 3 is 2.88 bits per heavy atom. The van der Waals surface area contributed by atoms with Crippen LogP contribution in [0.15, 0.2) is 24.5 Å². The number of halogens is 2. The molecule has 2 rings (SSSR count). The van der Waals surface area contributed by atoms with Crippen molar-refractivity contribution in [3.05, 3.63) is 46.2 Å². The fraction of sp³-hybridized carbons (Fsp3) is 0.100. The molecule has 0 fully saturated rings. The van der Waals surface area contributed by atoms with Gasteiger partial charge in [0.15, 0.2) is 0 Å². The number of hydrogen-bond donors (Lipinski definition) is 0. The van der Waals surface area contributed by atoms with Crippen molar-refractivity contribution >= 4 is 23.2 Å². The van der Waals surface area contributed by atoms with Gasteiger partial charge >= 0.3 is 0 Å². The summed E-state index contributed by atoms with van der Waals surface area (Å²) < 4.78 is 1.69. The van der Waals surface area contributed by atoms with Gasteiger partial charge < -0.3 is 4.57 Å². The van der Waals surface area contributed by atoms with Crippen molar-refractivity contribution in [2.45, 2.75) is 6.54 Å². The summed E-state index contributed by atoms with van der Waals surface area (Å²) in [5.74, 6) is 0.339. The summed E-state index contributed by atoms with van der Waals surface area (Å²) in [7, 11) is 0. The van der Waals surface area contributed by atoms with Crippen LogP contribution < -0.4 is 0 Å². The smallest absolute Gasteiger partial charge is 0.213 e. The first-order valence-electron chi connectivity index (χ1n) is 4.43. The molecule has 0 saturated carbocycles. The molecule has 0 unspecified atom stereocenters. The molecule has 0 aliphatic rings. The average molecular weight is 253 g/mol. The molecule has 2 aromatic heterocycles. The van der Waals surface area contributed by atoms with Gasteiger partial charge in [-0.25, -0.2) is 9.97 Å². The van der Waals surface area contributed by atoms with Gasteiger partial charge in [-0.1, -0.05) is 29.3 Å². The third-order valence-electron chi connectivity index (χ3n) is 2.05. The van der Waals surface area contributed by atoms with Crippen molar-refractivity contribution in [3.8, 4) is 6.07 Å². The first-order chi connectivity index (χ1) is 7.70. The predicted molar refractivity (Wildman–Crippen MR) is 60.3 cm³/mol. The van der Waals surface area contributed by atoms with E-state index in [1.165, 1.54) is 0 Å². The van der Waals surface area contributed by atoms with Crippen molar-refractivity contribution in [3.63, 3.8) is 0 Å². The van der Waals surface area contributed by atoms with Gasteiger partial charge in [0.1, 0.15) is 16.4 Å². The van der Waals surface area contributed by atoms with Crippen LogP contribution in [0, 0.1) is 11.3 Å². The molecule has 2 heterocycles. The van der Waals surface area contributed by atoms with Crippen LogP contribution in [0.2, 0.25) is 10.3 Å². The van der Waals surface area contributed by atoms with E-state index in [0.717, 1.165) is 5.56 Å². The van der Waals surface area contributed by atoms with Gasteiger partial charge in [0.2, 0.25) is 5.82 Å². The maximum absolute atomic E-state index is 8.80. The molecule has 16 heavy (non-hydrogen) atoms. The highest BCUT2D eigenvalue weighted by atomic mass is 35.5. The Morgan fingerprint density at radius 1 is 1.38 bits per heavy atom. The Morgan fingerprint density at radius 2 is 2.19 bits per heavy atom. The van der Waals surface area contributed by atoms with Crippen LogP contribution in [-0.4, -0.2) is 14.5 Å². The lowest BCUT2D eigenvalue weighted by Gasteiger charge is -2.05. The summed E-state index contributed by atoms with van der Waals surface area (Å²) in [4.78, 5) is 7.81. The van der Waals surface area contributed by atoms with E-state index in [4.69, 9.17) is 28.5 Å². The minimum absolute atomic E-state index is 0.338. The van der Waals surface area contributed by atoms with E-state index >= 15 is 0 Å². The van der Waals surface area contributed by atoms with E-state index in [9.17, 15) is 0 Å². The fourth-order valence-corrected chi connectivity index (χ4v) is 1.70. The van der Waals surface area contributed by atoms with E-state index in [2.05, 4.69) is 9.97 Å². The van der Waals surface area contributed by atoms with E-state index in [-0.39, 0.29) is 0 Å². The Bertz CT molecular complexity index is 556. The zero-order valence-corrected chi connectivity index (χ0v) is 9.57. The number of rotatable bonds is 2. The normalized spacial score (nSPS) is 10.1. The molecule has 0 aliphatic carbocycles. The van der Waals surface area contributed by atoms with Gasteiger partial charge in [-0.2, -0.15) is 5.26 Å². The van der Waals surface area contributed by atoms with Gasteiger partial charge in [0, 0.05) is 18.0 Å². The van der Waals surface area contributed by atoms with E-state index in [1.54, 1.807) is 29.1 Å². The van der Waals surface area contributed by atoms with Crippen LogP contribution in [-0.2, 0) is 6.54 Å². The molecule has 0 saturated heterocycles. The van der Waals surface area contributed by atoms with Gasteiger partial charge in [-0.3, -0.25) is 0 Å². The molecular formula is C10H6Cl2N4. The zero-order chi connectivity index (χ0) is 11.5. The second-order valence-electron chi connectivity index (χ2n) is 3.07. The van der Waals surface area contributed by atoms with Crippen LogP contribution >= 0.6 is 23.2 Å². The molecule has 0 aromatic carbocycles. The molecule has 0 spiro atoms. The Kier molecular flexibility index (Phi) is 3.09. The molecule has 80 valence electrons. The lowest BCUT2D eigenvalue weighted by molar-refractivity contribution is 0.779. The molecule has 0 radical (unpaired) electrons. The second kappa shape index (κ2) is 4.52. The quantitative estimate of drug-likeness (QED) is 0.772. The molecule has 2 aromatic rings. The maximum atomic E-state index is 8.80. The molecule has 6 heteroatoms. The number of nitrogens with zero attached hydrogens (tertiary/aromatic N) is 4. The van der Waals surface area contributed by atoms with Gasteiger partial charge in [-0.15, -0.1) is 0 Å². The Labute approximate surface area is 102 Å². The summed E-state index contributed by atoms with van der Waals surface area (Å²) in [6.45, 7) is 0.450. The van der Waals surface area contributed by atoms with Crippen LogP contribution in [0.1, 0.15) is 11.4 Å². The zero-order valence-electron chi connectivity index (χ0n) is 8.06. The number of pyridine rings is 1.